The highest BCUT2D eigenvalue weighted by molar-refractivity contribution is 6.10. The number of hydrogen-bond donors (Lipinski definition) is 2. The van der Waals surface area contributed by atoms with Crippen LogP contribution in [-0.4, -0.2) is 30.4 Å². The van der Waals surface area contributed by atoms with Gasteiger partial charge < -0.3 is 15.4 Å². The third-order valence-corrected chi connectivity index (χ3v) is 6.09. The van der Waals surface area contributed by atoms with Crippen molar-refractivity contribution in [2.75, 3.05) is 7.11 Å². The molecule has 1 heterocycles. The van der Waals surface area contributed by atoms with Crippen LogP contribution in [0.15, 0.2) is 48.5 Å². The van der Waals surface area contributed by atoms with E-state index in [2.05, 4.69) is 30.5 Å². The predicted octanol–water partition coefficient (Wildman–Crippen LogP) is 4.52. The number of fused-ring (bicyclic) bond motifs is 1. The molecule has 5 nitrogen and oxygen atoms in total. The van der Waals surface area contributed by atoms with Crippen molar-refractivity contribution in [1.29, 1.82) is 0 Å². The Morgan fingerprint density at radius 2 is 1.84 bits per heavy atom. The molecule has 2 N–H and O–H groups in total. The van der Waals surface area contributed by atoms with Crippen molar-refractivity contribution in [3.63, 3.8) is 0 Å². The van der Waals surface area contributed by atoms with E-state index < -0.39 is 0 Å². The first-order valence-corrected chi connectivity index (χ1v) is 11.0. The monoisotopic (exact) mass is 418 g/mol. The SMILES string of the molecule is COc1ccc2c(c1)/C(=C/C(=O)c1cccc(C(=O)NC3CCCC3)c1)NC(C)(C)C2. The second-order valence-corrected chi connectivity index (χ2v) is 9.17. The van der Waals surface area contributed by atoms with Crippen LogP contribution in [0, 0.1) is 0 Å². The number of rotatable bonds is 5. The Labute approximate surface area is 183 Å². The summed E-state index contributed by atoms with van der Waals surface area (Å²) in [7, 11) is 1.64. The molecule has 31 heavy (non-hydrogen) atoms. The highest BCUT2D eigenvalue weighted by atomic mass is 16.5. The van der Waals surface area contributed by atoms with Crippen LogP contribution in [0.1, 0.15) is 71.4 Å². The molecule has 0 saturated heterocycles. The van der Waals surface area contributed by atoms with E-state index in [0.717, 1.165) is 49.1 Å². The zero-order valence-corrected chi connectivity index (χ0v) is 18.5. The lowest BCUT2D eigenvalue weighted by molar-refractivity contribution is 0.0938. The summed E-state index contributed by atoms with van der Waals surface area (Å²) in [4.78, 5) is 25.7. The molecule has 0 unspecified atom stereocenters. The second-order valence-electron chi connectivity index (χ2n) is 9.17. The van der Waals surface area contributed by atoms with Crippen molar-refractivity contribution >= 4 is 17.4 Å². The van der Waals surface area contributed by atoms with E-state index in [1.165, 1.54) is 5.56 Å². The Morgan fingerprint density at radius 3 is 2.58 bits per heavy atom. The third kappa shape index (κ3) is 4.82. The number of hydrogen-bond acceptors (Lipinski definition) is 4. The smallest absolute Gasteiger partial charge is 0.251 e. The third-order valence-electron chi connectivity index (χ3n) is 6.09. The van der Waals surface area contributed by atoms with E-state index in [1.54, 1.807) is 37.5 Å². The fourth-order valence-electron chi connectivity index (χ4n) is 4.52. The molecule has 0 atom stereocenters. The summed E-state index contributed by atoms with van der Waals surface area (Å²) in [6.07, 6.45) is 6.86. The maximum absolute atomic E-state index is 13.1. The Morgan fingerprint density at radius 1 is 1.10 bits per heavy atom. The zero-order valence-electron chi connectivity index (χ0n) is 18.5. The molecule has 1 fully saturated rings. The molecule has 2 aliphatic rings. The summed E-state index contributed by atoms with van der Waals surface area (Å²) in [5, 5.41) is 6.58. The molecular weight excluding hydrogens is 388 g/mol. The molecule has 2 aromatic rings. The van der Waals surface area contributed by atoms with E-state index in [9.17, 15) is 9.59 Å². The minimum absolute atomic E-state index is 0.110. The lowest BCUT2D eigenvalue weighted by atomic mass is 9.85. The van der Waals surface area contributed by atoms with E-state index in [4.69, 9.17) is 4.74 Å². The zero-order chi connectivity index (χ0) is 22.0. The lowest BCUT2D eigenvalue weighted by Crippen LogP contribution is -2.43. The molecule has 0 bridgehead atoms. The van der Waals surface area contributed by atoms with Gasteiger partial charge in [0.15, 0.2) is 5.78 Å². The van der Waals surface area contributed by atoms with Crippen molar-refractivity contribution in [1.82, 2.24) is 10.6 Å². The van der Waals surface area contributed by atoms with E-state index >= 15 is 0 Å². The number of ketones is 1. The first kappa shape index (κ1) is 21.2. The molecule has 1 aliphatic heterocycles. The van der Waals surface area contributed by atoms with Gasteiger partial charge in [0.2, 0.25) is 0 Å². The molecule has 5 heteroatoms. The van der Waals surface area contributed by atoms with Crippen molar-refractivity contribution in [3.8, 4) is 5.75 Å². The van der Waals surface area contributed by atoms with Gasteiger partial charge in [-0.1, -0.05) is 31.0 Å². The highest BCUT2D eigenvalue weighted by Crippen LogP contribution is 2.32. The minimum atomic E-state index is -0.170. The first-order valence-electron chi connectivity index (χ1n) is 11.0. The van der Waals surface area contributed by atoms with Crippen LogP contribution in [0.2, 0.25) is 0 Å². The fraction of sp³-hybridized carbons (Fsp3) is 0.385. The van der Waals surface area contributed by atoms with E-state index in [-0.39, 0.29) is 23.3 Å². The quantitative estimate of drug-likeness (QED) is 0.554. The van der Waals surface area contributed by atoms with Crippen molar-refractivity contribution in [2.45, 2.75) is 57.5 Å². The maximum atomic E-state index is 13.1. The van der Waals surface area contributed by atoms with Crippen LogP contribution in [0.25, 0.3) is 5.70 Å². The molecule has 1 amide bonds. The number of nitrogens with one attached hydrogen (secondary N) is 2. The van der Waals surface area contributed by atoms with Gasteiger partial charge in [-0.25, -0.2) is 0 Å². The van der Waals surface area contributed by atoms with Crippen molar-refractivity contribution in [2.24, 2.45) is 0 Å². The van der Waals surface area contributed by atoms with Gasteiger partial charge in [0.1, 0.15) is 5.75 Å². The highest BCUT2D eigenvalue weighted by Gasteiger charge is 2.28. The van der Waals surface area contributed by atoms with Gasteiger partial charge in [0.25, 0.3) is 5.91 Å². The van der Waals surface area contributed by atoms with Crippen LogP contribution in [0.3, 0.4) is 0 Å². The summed E-state index contributed by atoms with van der Waals surface area (Å²) in [5.74, 6) is 0.509. The minimum Gasteiger partial charge on any atom is -0.497 e. The number of benzene rings is 2. The summed E-state index contributed by atoms with van der Waals surface area (Å²) in [6, 6.07) is 13.2. The van der Waals surface area contributed by atoms with Crippen LogP contribution >= 0.6 is 0 Å². The number of methoxy groups -OCH3 is 1. The predicted molar refractivity (Wildman–Crippen MR) is 122 cm³/mol. The largest absolute Gasteiger partial charge is 0.497 e. The summed E-state index contributed by atoms with van der Waals surface area (Å²) in [6.45, 7) is 4.24. The fourth-order valence-corrected chi connectivity index (χ4v) is 4.52. The normalized spacial score (nSPS) is 18.9. The molecule has 162 valence electrons. The van der Waals surface area contributed by atoms with Crippen molar-refractivity contribution < 1.29 is 14.3 Å². The van der Waals surface area contributed by atoms with E-state index in [0.29, 0.717) is 11.1 Å². The van der Waals surface area contributed by atoms with Gasteiger partial charge in [0.05, 0.1) is 7.11 Å². The number of allylic oxidation sites excluding steroid dienone is 1. The maximum Gasteiger partial charge on any atom is 0.251 e. The Hall–Kier alpha value is -3.08. The van der Waals surface area contributed by atoms with Crippen LogP contribution in [0.5, 0.6) is 5.75 Å². The van der Waals surface area contributed by atoms with Gasteiger partial charge in [-0.2, -0.15) is 0 Å². The Kier molecular flexibility index (Phi) is 5.86. The van der Waals surface area contributed by atoms with Gasteiger partial charge in [-0.3, -0.25) is 9.59 Å². The standard InChI is InChI=1S/C26H30N2O3/c1-26(2)16-19-11-12-21(31-3)14-22(19)23(28-26)15-24(29)17-7-6-8-18(13-17)25(30)27-20-9-4-5-10-20/h6-8,11-15,20,28H,4-5,9-10,16H2,1-3H3,(H,27,30)/b23-15-. The number of carbonyl (C=O) groups excluding carboxylic acids is 2. The van der Waals surface area contributed by atoms with Gasteiger partial charge in [-0.15, -0.1) is 0 Å². The molecule has 0 aromatic heterocycles. The van der Waals surface area contributed by atoms with Gasteiger partial charge >= 0.3 is 0 Å². The van der Waals surface area contributed by atoms with Gasteiger partial charge in [0, 0.05) is 40.0 Å². The Balaban J connectivity index is 1.60. The average Bonchev–Trinajstić information content (AvgIpc) is 3.26. The number of carbonyl (C=O) groups is 2. The van der Waals surface area contributed by atoms with Gasteiger partial charge in [-0.05, 0) is 62.9 Å². The molecular formula is C26H30N2O3. The van der Waals surface area contributed by atoms with Crippen LogP contribution in [0.4, 0.5) is 0 Å². The first-order chi connectivity index (χ1) is 14.8. The van der Waals surface area contributed by atoms with Crippen LogP contribution < -0.4 is 15.4 Å². The summed E-state index contributed by atoms with van der Waals surface area (Å²) in [5.41, 5.74) is 3.78. The summed E-state index contributed by atoms with van der Waals surface area (Å²) < 4.78 is 5.38. The molecule has 1 aliphatic carbocycles. The summed E-state index contributed by atoms with van der Waals surface area (Å²) >= 11 is 0. The molecule has 1 saturated carbocycles. The van der Waals surface area contributed by atoms with Crippen molar-refractivity contribution in [3.05, 3.63) is 70.8 Å². The topological polar surface area (TPSA) is 67.4 Å². The molecule has 2 aromatic carbocycles. The number of amides is 1. The number of ether oxygens (including phenoxy) is 1. The Bertz CT molecular complexity index is 1030. The van der Waals surface area contributed by atoms with E-state index in [1.807, 2.05) is 12.1 Å². The second kappa shape index (κ2) is 8.58. The molecule has 0 radical (unpaired) electrons. The molecule has 4 rings (SSSR count). The van der Waals surface area contributed by atoms with Crippen LogP contribution in [-0.2, 0) is 6.42 Å². The molecule has 0 spiro atoms. The average molecular weight is 419 g/mol. The lowest BCUT2D eigenvalue weighted by Gasteiger charge is -2.35.